The van der Waals surface area contributed by atoms with E-state index in [9.17, 15) is 15.2 Å². The highest BCUT2D eigenvalue weighted by Gasteiger charge is 2.43. The fourth-order valence-corrected chi connectivity index (χ4v) is 1.98. The molecule has 0 amide bonds. The average Bonchev–Trinajstić information content (AvgIpc) is 2.33. The Bertz CT molecular complexity index is 532. The van der Waals surface area contributed by atoms with Crippen LogP contribution in [0.25, 0.3) is 0 Å². The fourth-order valence-electron chi connectivity index (χ4n) is 1.98. The third-order valence-electron chi connectivity index (χ3n) is 3.14. The summed E-state index contributed by atoms with van der Waals surface area (Å²) in [5, 5.41) is 29.8. The first kappa shape index (κ1) is 12.3. The van der Waals surface area contributed by atoms with E-state index < -0.39 is 10.5 Å². The third kappa shape index (κ3) is 1.87. The van der Waals surface area contributed by atoms with Gasteiger partial charge < -0.3 is 10.0 Å². The van der Waals surface area contributed by atoms with Crippen molar-refractivity contribution in [3.05, 3.63) is 27.9 Å². The van der Waals surface area contributed by atoms with Crippen LogP contribution in [0, 0.1) is 21.4 Å². The summed E-state index contributed by atoms with van der Waals surface area (Å²) in [4.78, 5) is 16.0. The lowest BCUT2D eigenvalue weighted by atomic mass is 9.91. The summed E-state index contributed by atoms with van der Waals surface area (Å²) in [6, 6.07) is 3.10. The molecule has 0 atom stereocenters. The van der Waals surface area contributed by atoms with Gasteiger partial charge in [-0.2, -0.15) is 5.26 Å². The van der Waals surface area contributed by atoms with Gasteiger partial charge in [-0.1, -0.05) is 6.92 Å². The first-order chi connectivity index (χ1) is 8.50. The van der Waals surface area contributed by atoms with Crippen LogP contribution >= 0.6 is 0 Å². The highest BCUT2D eigenvalue weighted by molar-refractivity contribution is 5.66. The second-order valence-corrected chi connectivity index (χ2v) is 4.33. The fraction of sp³-hybridized carbons (Fsp3) is 0.455. The molecular formula is C11H12N4O3. The average molecular weight is 248 g/mol. The predicted molar refractivity (Wildman–Crippen MR) is 63.1 cm³/mol. The minimum atomic E-state index is -0.807. The lowest BCUT2D eigenvalue weighted by Crippen LogP contribution is -2.62. The Kier molecular flexibility index (Phi) is 2.88. The van der Waals surface area contributed by atoms with Gasteiger partial charge in [0.1, 0.15) is 11.6 Å². The van der Waals surface area contributed by atoms with Crippen molar-refractivity contribution in [2.75, 3.05) is 18.0 Å². The van der Waals surface area contributed by atoms with Crippen LogP contribution in [0.3, 0.4) is 0 Å². The molecule has 1 aliphatic heterocycles. The summed E-state index contributed by atoms with van der Waals surface area (Å²) in [6.45, 7) is 2.45. The quantitative estimate of drug-likeness (QED) is 0.627. The Hall–Kier alpha value is -2.20. The Morgan fingerprint density at radius 1 is 1.72 bits per heavy atom. The maximum atomic E-state index is 11.0. The van der Waals surface area contributed by atoms with E-state index in [2.05, 4.69) is 4.98 Å². The van der Waals surface area contributed by atoms with Crippen molar-refractivity contribution < 1.29 is 10.0 Å². The van der Waals surface area contributed by atoms with Gasteiger partial charge in [-0.05, 0) is 12.5 Å². The summed E-state index contributed by atoms with van der Waals surface area (Å²) in [5.74, 6) is 0.150. The van der Waals surface area contributed by atoms with E-state index in [1.165, 1.54) is 12.3 Å². The van der Waals surface area contributed by atoms with Crippen molar-refractivity contribution in [2.45, 2.75) is 18.9 Å². The molecule has 0 aliphatic carbocycles. The van der Waals surface area contributed by atoms with E-state index >= 15 is 0 Å². The Balaban J connectivity index is 2.36. The second-order valence-electron chi connectivity index (χ2n) is 4.33. The zero-order valence-corrected chi connectivity index (χ0v) is 9.83. The van der Waals surface area contributed by atoms with Gasteiger partial charge >= 0.3 is 5.69 Å². The van der Waals surface area contributed by atoms with E-state index in [0.29, 0.717) is 19.5 Å². The lowest BCUT2D eigenvalue weighted by Gasteiger charge is -2.46. The van der Waals surface area contributed by atoms with E-state index in [1.807, 2.05) is 6.92 Å². The van der Waals surface area contributed by atoms with Crippen LogP contribution in [0.1, 0.15) is 18.9 Å². The first-order valence-corrected chi connectivity index (χ1v) is 5.51. The molecule has 0 saturated carbocycles. The van der Waals surface area contributed by atoms with Gasteiger partial charge in [-0.15, -0.1) is 0 Å². The Labute approximate surface area is 103 Å². The highest BCUT2D eigenvalue weighted by Crippen LogP contribution is 2.35. The molecule has 2 rings (SSSR count). The summed E-state index contributed by atoms with van der Waals surface area (Å²) in [5.41, 5.74) is -1.12. The molecule has 0 spiro atoms. The number of nitriles is 1. The highest BCUT2D eigenvalue weighted by atomic mass is 16.6. The SMILES string of the molecule is CCC1(O)CN(c2nccc(C#N)c2[N+](=O)[O-])C1. The van der Waals surface area contributed by atoms with Gasteiger partial charge in [0.15, 0.2) is 0 Å². The van der Waals surface area contributed by atoms with Crippen LogP contribution in [0.4, 0.5) is 11.5 Å². The van der Waals surface area contributed by atoms with E-state index in [4.69, 9.17) is 5.26 Å². The molecule has 1 fully saturated rings. The van der Waals surface area contributed by atoms with Crippen molar-refractivity contribution in [1.29, 1.82) is 5.26 Å². The zero-order valence-electron chi connectivity index (χ0n) is 9.83. The van der Waals surface area contributed by atoms with Crippen LogP contribution in [0.15, 0.2) is 12.3 Å². The molecule has 0 unspecified atom stereocenters. The van der Waals surface area contributed by atoms with Crippen molar-refractivity contribution in [3.8, 4) is 6.07 Å². The smallest absolute Gasteiger partial charge is 0.329 e. The number of hydrogen-bond donors (Lipinski definition) is 1. The number of nitrogens with zero attached hydrogens (tertiary/aromatic N) is 4. The van der Waals surface area contributed by atoms with E-state index in [0.717, 1.165) is 0 Å². The number of aromatic nitrogens is 1. The third-order valence-corrected chi connectivity index (χ3v) is 3.14. The maximum Gasteiger partial charge on any atom is 0.329 e. The molecule has 2 heterocycles. The minimum absolute atomic E-state index is 0.0167. The molecule has 0 radical (unpaired) electrons. The van der Waals surface area contributed by atoms with Crippen LogP contribution in [-0.2, 0) is 0 Å². The lowest BCUT2D eigenvalue weighted by molar-refractivity contribution is -0.384. The molecule has 1 saturated heterocycles. The molecule has 18 heavy (non-hydrogen) atoms. The van der Waals surface area contributed by atoms with Gasteiger partial charge in [0.25, 0.3) is 0 Å². The summed E-state index contributed by atoms with van der Waals surface area (Å²) in [7, 11) is 0. The Morgan fingerprint density at radius 2 is 2.39 bits per heavy atom. The van der Waals surface area contributed by atoms with Gasteiger partial charge in [-0.25, -0.2) is 4.98 Å². The standard InChI is InChI=1S/C11H12N4O3/c1-2-11(16)6-14(7-11)10-9(15(17)18)8(5-12)3-4-13-10/h3-4,16H,2,6-7H2,1H3. The number of hydrogen-bond acceptors (Lipinski definition) is 6. The summed E-state index contributed by atoms with van der Waals surface area (Å²) >= 11 is 0. The largest absolute Gasteiger partial charge is 0.386 e. The van der Waals surface area contributed by atoms with Crippen molar-refractivity contribution in [2.24, 2.45) is 0 Å². The number of aliphatic hydroxyl groups is 1. The molecular weight excluding hydrogens is 236 g/mol. The van der Waals surface area contributed by atoms with E-state index in [-0.39, 0.29) is 17.1 Å². The number of rotatable bonds is 3. The van der Waals surface area contributed by atoms with Crippen LogP contribution in [0.2, 0.25) is 0 Å². The molecule has 7 nitrogen and oxygen atoms in total. The molecule has 1 N–H and O–H groups in total. The van der Waals surface area contributed by atoms with Crippen molar-refractivity contribution in [1.82, 2.24) is 4.98 Å². The van der Waals surface area contributed by atoms with Gasteiger partial charge in [-0.3, -0.25) is 10.1 Å². The molecule has 1 aromatic heterocycles. The molecule has 1 aromatic rings. The summed E-state index contributed by atoms with van der Waals surface area (Å²) < 4.78 is 0. The predicted octanol–water partition coefficient (Wildman–Crippen LogP) is 0.823. The van der Waals surface area contributed by atoms with Crippen molar-refractivity contribution in [3.63, 3.8) is 0 Å². The molecule has 1 aliphatic rings. The number of nitro groups is 1. The molecule has 7 heteroatoms. The van der Waals surface area contributed by atoms with Gasteiger partial charge in [0.05, 0.1) is 23.6 Å². The van der Waals surface area contributed by atoms with Crippen LogP contribution in [0.5, 0.6) is 0 Å². The topological polar surface area (TPSA) is 103 Å². The van der Waals surface area contributed by atoms with Crippen molar-refractivity contribution >= 4 is 11.5 Å². The second kappa shape index (κ2) is 4.23. The summed E-state index contributed by atoms with van der Waals surface area (Å²) in [6.07, 6.45) is 1.94. The first-order valence-electron chi connectivity index (χ1n) is 5.51. The number of anilines is 1. The molecule has 0 bridgehead atoms. The molecule has 0 aromatic carbocycles. The van der Waals surface area contributed by atoms with Crippen LogP contribution in [-0.4, -0.2) is 33.7 Å². The normalized spacial score (nSPS) is 16.8. The molecule has 94 valence electrons. The number of β-amino-alcohol motifs (C(OH)–C–C–N with tert-alkyl or cyclic N) is 1. The zero-order chi connectivity index (χ0) is 13.3. The van der Waals surface area contributed by atoms with Crippen LogP contribution < -0.4 is 4.90 Å². The van der Waals surface area contributed by atoms with Gasteiger partial charge in [0.2, 0.25) is 5.82 Å². The Morgan fingerprint density at radius 3 is 2.89 bits per heavy atom. The monoisotopic (exact) mass is 248 g/mol. The minimum Gasteiger partial charge on any atom is -0.386 e. The van der Waals surface area contributed by atoms with Gasteiger partial charge in [0, 0.05) is 6.20 Å². The van der Waals surface area contributed by atoms with E-state index in [1.54, 1.807) is 11.0 Å². The maximum absolute atomic E-state index is 11.0. The number of pyridine rings is 1.